The fourth-order valence-corrected chi connectivity index (χ4v) is 6.95. The zero-order valence-corrected chi connectivity index (χ0v) is 25.2. The van der Waals surface area contributed by atoms with Crippen molar-refractivity contribution in [3.63, 3.8) is 0 Å². The van der Waals surface area contributed by atoms with Gasteiger partial charge in [-0.25, -0.2) is 0 Å². The molecule has 0 bridgehead atoms. The summed E-state index contributed by atoms with van der Waals surface area (Å²) in [6.45, 7) is 0. The number of furan rings is 2. The maximum absolute atomic E-state index is 6.19. The summed E-state index contributed by atoms with van der Waals surface area (Å²) >= 11 is 0. The van der Waals surface area contributed by atoms with Gasteiger partial charge < -0.3 is 13.7 Å². The number of benzene rings is 7. The summed E-state index contributed by atoms with van der Waals surface area (Å²) in [4.78, 5) is 6.89. The first-order valence-electron chi connectivity index (χ1n) is 15.8. The Bertz CT molecular complexity index is 2640. The van der Waals surface area contributed by atoms with Crippen LogP contribution in [0.25, 0.3) is 76.7 Å². The maximum Gasteiger partial charge on any atom is 0.136 e. The third-order valence-corrected chi connectivity index (χ3v) is 9.24. The summed E-state index contributed by atoms with van der Waals surface area (Å²) in [5, 5.41) is 9.09. The predicted molar refractivity (Wildman–Crippen MR) is 194 cm³/mol. The molecular formula is C43H26N2O2. The van der Waals surface area contributed by atoms with Gasteiger partial charge in [-0.1, -0.05) is 66.7 Å². The Balaban J connectivity index is 1.16. The summed E-state index contributed by atoms with van der Waals surface area (Å²) in [7, 11) is 0. The van der Waals surface area contributed by atoms with Gasteiger partial charge in [-0.2, -0.15) is 0 Å². The average Bonchev–Trinajstić information content (AvgIpc) is 3.67. The largest absolute Gasteiger partial charge is 0.456 e. The summed E-state index contributed by atoms with van der Waals surface area (Å²) in [5.41, 5.74) is 8.86. The van der Waals surface area contributed by atoms with Gasteiger partial charge in [0.25, 0.3) is 0 Å². The van der Waals surface area contributed by atoms with E-state index in [1.54, 1.807) is 0 Å². The molecule has 0 spiro atoms. The lowest BCUT2D eigenvalue weighted by Gasteiger charge is -2.26. The highest BCUT2D eigenvalue weighted by Crippen LogP contribution is 2.41. The summed E-state index contributed by atoms with van der Waals surface area (Å²) < 4.78 is 12.4. The molecule has 0 atom stereocenters. The number of nitrogens with zero attached hydrogens (tertiary/aromatic N) is 2. The van der Waals surface area contributed by atoms with Crippen LogP contribution in [-0.4, -0.2) is 4.98 Å². The minimum absolute atomic E-state index is 0.904. The fourth-order valence-electron chi connectivity index (χ4n) is 6.95. The van der Waals surface area contributed by atoms with Crippen LogP contribution in [0, 0.1) is 0 Å². The van der Waals surface area contributed by atoms with Crippen molar-refractivity contribution < 1.29 is 8.83 Å². The van der Waals surface area contributed by atoms with Crippen molar-refractivity contribution in [1.82, 2.24) is 4.98 Å². The molecule has 4 nitrogen and oxygen atoms in total. The van der Waals surface area contributed by atoms with E-state index >= 15 is 0 Å². The highest BCUT2D eigenvalue weighted by atomic mass is 16.3. The van der Waals surface area contributed by atoms with E-state index in [0.29, 0.717) is 0 Å². The molecule has 0 aliphatic rings. The van der Waals surface area contributed by atoms with Gasteiger partial charge in [0.15, 0.2) is 0 Å². The van der Waals surface area contributed by atoms with Gasteiger partial charge in [0.2, 0.25) is 0 Å². The molecule has 0 N–H and O–H groups in total. The van der Waals surface area contributed by atoms with E-state index in [9.17, 15) is 0 Å². The first kappa shape index (κ1) is 25.9. The molecule has 3 heterocycles. The molecule has 3 aromatic heterocycles. The molecule has 0 unspecified atom stereocenters. The first-order valence-corrected chi connectivity index (χ1v) is 15.8. The normalized spacial score (nSPS) is 11.8. The predicted octanol–water partition coefficient (Wildman–Crippen LogP) is 12.3. The Morgan fingerprint density at radius 1 is 0.383 bits per heavy atom. The minimum Gasteiger partial charge on any atom is -0.456 e. The molecular weight excluding hydrogens is 576 g/mol. The van der Waals surface area contributed by atoms with Gasteiger partial charge in [-0.05, 0) is 106 Å². The van der Waals surface area contributed by atoms with Crippen LogP contribution in [0.15, 0.2) is 167 Å². The molecule has 4 heteroatoms. The molecule has 220 valence electrons. The monoisotopic (exact) mass is 602 g/mol. The van der Waals surface area contributed by atoms with E-state index in [2.05, 4.69) is 119 Å². The van der Waals surface area contributed by atoms with Crippen molar-refractivity contribution in [1.29, 1.82) is 0 Å². The second-order valence-electron chi connectivity index (χ2n) is 12.1. The third-order valence-electron chi connectivity index (χ3n) is 9.24. The second-order valence-corrected chi connectivity index (χ2v) is 12.1. The third kappa shape index (κ3) is 4.19. The average molecular weight is 603 g/mol. The van der Waals surface area contributed by atoms with E-state index in [1.807, 2.05) is 48.7 Å². The van der Waals surface area contributed by atoms with Crippen LogP contribution in [0.2, 0.25) is 0 Å². The van der Waals surface area contributed by atoms with Crippen LogP contribution < -0.4 is 4.90 Å². The Kier molecular flexibility index (Phi) is 5.54. The molecule has 0 fully saturated rings. The van der Waals surface area contributed by atoms with E-state index in [0.717, 1.165) is 93.7 Å². The SMILES string of the molecule is c1ccc(-c2ccc(N(c3ccc4cc5oc6ccccc6c5cc4c3)c3ccc4cc5oc6ccccc6c5cc4c3)cc2)nc1. The van der Waals surface area contributed by atoms with Gasteiger partial charge in [-0.15, -0.1) is 0 Å². The van der Waals surface area contributed by atoms with E-state index in [-0.39, 0.29) is 0 Å². The smallest absolute Gasteiger partial charge is 0.136 e. The van der Waals surface area contributed by atoms with Crippen molar-refractivity contribution >= 4 is 82.5 Å². The lowest BCUT2D eigenvalue weighted by atomic mass is 10.0. The topological polar surface area (TPSA) is 42.4 Å². The van der Waals surface area contributed by atoms with Crippen LogP contribution in [0.1, 0.15) is 0 Å². The Labute approximate surface area is 269 Å². The molecule has 0 aliphatic carbocycles. The summed E-state index contributed by atoms with van der Waals surface area (Å²) in [6, 6.07) is 53.3. The van der Waals surface area contributed by atoms with Crippen molar-refractivity contribution in [2.75, 3.05) is 4.90 Å². The van der Waals surface area contributed by atoms with Crippen molar-refractivity contribution in [3.05, 3.63) is 158 Å². The van der Waals surface area contributed by atoms with E-state index < -0.39 is 0 Å². The van der Waals surface area contributed by atoms with Crippen LogP contribution in [0.5, 0.6) is 0 Å². The number of hydrogen-bond donors (Lipinski definition) is 0. The Hall–Kier alpha value is -6.39. The molecule has 7 aromatic carbocycles. The first-order chi connectivity index (χ1) is 23.2. The minimum atomic E-state index is 0.904. The van der Waals surface area contributed by atoms with Gasteiger partial charge >= 0.3 is 0 Å². The van der Waals surface area contributed by atoms with Crippen LogP contribution in [0.4, 0.5) is 17.1 Å². The zero-order valence-electron chi connectivity index (χ0n) is 25.2. The molecule has 10 aromatic rings. The number of aromatic nitrogens is 1. The Morgan fingerprint density at radius 3 is 1.47 bits per heavy atom. The Morgan fingerprint density at radius 2 is 0.915 bits per heavy atom. The fraction of sp³-hybridized carbons (Fsp3) is 0. The zero-order chi connectivity index (χ0) is 30.9. The van der Waals surface area contributed by atoms with Crippen molar-refractivity contribution in [2.24, 2.45) is 0 Å². The van der Waals surface area contributed by atoms with Gasteiger partial charge in [-0.3, -0.25) is 4.98 Å². The quantitative estimate of drug-likeness (QED) is 0.201. The lowest BCUT2D eigenvalue weighted by molar-refractivity contribution is 0.669. The number of para-hydroxylation sites is 2. The number of pyridine rings is 1. The number of fused-ring (bicyclic) bond motifs is 8. The maximum atomic E-state index is 6.19. The van der Waals surface area contributed by atoms with Crippen LogP contribution in [-0.2, 0) is 0 Å². The van der Waals surface area contributed by atoms with E-state index in [1.165, 1.54) is 0 Å². The number of hydrogen-bond acceptors (Lipinski definition) is 4. The highest BCUT2D eigenvalue weighted by Gasteiger charge is 2.17. The summed E-state index contributed by atoms with van der Waals surface area (Å²) in [6.07, 6.45) is 1.83. The second kappa shape index (κ2) is 10.1. The molecule has 0 saturated heterocycles. The van der Waals surface area contributed by atoms with E-state index in [4.69, 9.17) is 8.83 Å². The summed E-state index contributed by atoms with van der Waals surface area (Å²) in [5.74, 6) is 0. The lowest BCUT2D eigenvalue weighted by Crippen LogP contribution is -2.10. The van der Waals surface area contributed by atoms with Crippen LogP contribution >= 0.6 is 0 Å². The molecule has 0 radical (unpaired) electrons. The van der Waals surface area contributed by atoms with Gasteiger partial charge in [0, 0.05) is 50.4 Å². The van der Waals surface area contributed by atoms with Crippen molar-refractivity contribution in [3.8, 4) is 11.3 Å². The standard InChI is InChI=1S/C43H26N2O2/c1-3-10-40-35(7-1)37-23-30-21-33(18-14-28(30)25-42(37)46-40)45(32-16-12-27(13-17-32)39-9-5-6-20-44-39)34-19-15-29-26-43-38(24-31(29)22-34)36-8-2-4-11-41(36)47-43/h1-26H. The van der Waals surface area contributed by atoms with Gasteiger partial charge in [0.1, 0.15) is 22.3 Å². The molecule has 0 saturated carbocycles. The molecule has 0 amide bonds. The number of rotatable bonds is 4. The van der Waals surface area contributed by atoms with Crippen LogP contribution in [0.3, 0.4) is 0 Å². The number of anilines is 3. The van der Waals surface area contributed by atoms with Crippen molar-refractivity contribution in [2.45, 2.75) is 0 Å². The molecule has 47 heavy (non-hydrogen) atoms. The molecule has 10 rings (SSSR count). The van der Waals surface area contributed by atoms with Gasteiger partial charge in [0.05, 0.1) is 5.69 Å². The highest BCUT2D eigenvalue weighted by molar-refractivity contribution is 6.12. The molecule has 0 aliphatic heterocycles.